The summed E-state index contributed by atoms with van der Waals surface area (Å²) in [5.41, 5.74) is 2.95. The molecule has 1 aliphatic heterocycles. The van der Waals surface area contributed by atoms with Gasteiger partial charge in [0.2, 0.25) is 11.7 Å². The molecule has 1 saturated heterocycles. The van der Waals surface area contributed by atoms with Crippen LogP contribution in [-0.4, -0.2) is 39.0 Å². The molecule has 1 amide bonds. The van der Waals surface area contributed by atoms with Gasteiger partial charge in [-0.3, -0.25) is 4.79 Å². The van der Waals surface area contributed by atoms with Gasteiger partial charge in [0.15, 0.2) is 0 Å². The fraction of sp³-hybridized carbons (Fsp3) is 0.429. The van der Waals surface area contributed by atoms with E-state index in [1.54, 1.807) is 0 Å². The van der Waals surface area contributed by atoms with Gasteiger partial charge in [0.1, 0.15) is 4.88 Å². The van der Waals surface area contributed by atoms with Gasteiger partial charge in [-0.05, 0) is 45.1 Å². The molecule has 1 fully saturated rings. The number of thiazole rings is 1. The van der Waals surface area contributed by atoms with E-state index in [0.717, 1.165) is 52.6 Å². The molecule has 3 heterocycles. The van der Waals surface area contributed by atoms with Crippen LogP contribution in [0.4, 0.5) is 0 Å². The first-order valence-electron chi connectivity index (χ1n) is 9.63. The van der Waals surface area contributed by atoms with Gasteiger partial charge in [-0.1, -0.05) is 29.4 Å². The molecule has 2 aromatic heterocycles. The number of benzene rings is 1. The van der Waals surface area contributed by atoms with Gasteiger partial charge < -0.3 is 9.42 Å². The largest absolute Gasteiger partial charge is 0.339 e. The number of piperidine rings is 1. The molecule has 0 N–H and O–H groups in total. The van der Waals surface area contributed by atoms with Crippen LogP contribution in [0.5, 0.6) is 0 Å². The number of likely N-dealkylation sites (tertiary alicyclic amines) is 1. The minimum absolute atomic E-state index is 0.0962. The molecule has 28 heavy (non-hydrogen) atoms. The van der Waals surface area contributed by atoms with E-state index >= 15 is 0 Å². The summed E-state index contributed by atoms with van der Waals surface area (Å²) in [6.45, 7) is 7.40. The number of amides is 1. The summed E-state index contributed by atoms with van der Waals surface area (Å²) in [5, 5.41) is 5.09. The highest BCUT2D eigenvalue weighted by molar-refractivity contribution is 7.13. The van der Waals surface area contributed by atoms with Crippen LogP contribution < -0.4 is 0 Å². The number of carbonyl (C=O) groups excluding carboxylic acids is 1. The monoisotopic (exact) mass is 396 g/mol. The zero-order chi connectivity index (χ0) is 19.7. The summed E-state index contributed by atoms with van der Waals surface area (Å²) in [6.07, 6.45) is 2.75. The Bertz CT molecular complexity index is 994. The number of aromatic nitrogens is 3. The van der Waals surface area contributed by atoms with E-state index in [4.69, 9.17) is 4.52 Å². The summed E-state index contributed by atoms with van der Waals surface area (Å²) in [4.78, 5) is 24.6. The molecule has 0 radical (unpaired) electrons. The second-order valence-corrected chi connectivity index (χ2v) is 8.64. The Labute approximate surface area is 168 Å². The second kappa shape index (κ2) is 7.83. The lowest BCUT2D eigenvalue weighted by atomic mass is 9.94. The predicted octanol–water partition coefficient (Wildman–Crippen LogP) is 4.21. The van der Waals surface area contributed by atoms with Crippen molar-refractivity contribution in [3.63, 3.8) is 0 Å². The van der Waals surface area contributed by atoms with Crippen molar-refractivity contribution < 1.29 is 9.32 Å². The number of nitrogens with zero attached hydrogens (tertiary/aromatic N) is 4. The van der Waals surface area contributed by atoms with Gasteiger partial charge in [0, 0.05) is 25.1 Å². The highest BCUT2D eigenvalue weighted by atomic mass is 32.1. The third-order valence-corrected chi connectivity index (χ3v) is 6.28. The van der Waals surface area contributed by atoms with Crippen LogP contribution in [0, 0.1) is 26.7 Å². The topological polar surface area (TPSA) is 72.1 Å². The van der Waals surface area contributed by atoms with Crippen LogP contribution in [0.25, 0.3) is 11.4 Å². The lowest BCUT2D eigenvalue weighted by Crippen LogP contribution is -2.40. The van der Waals surface area contributed by atoms with Crippen LogP contribution in [0.1, 0.15) is 44.7 Å². The van der Waals surface area contributed by atoms with Gasteiger partial charge in [-0.25, -0.2) is 4.98 Å². The van der Waals surface area contributed by atoms with Crippen LogP contribution in [0.15, 0.2) is 28.8 Å². The van der Waals surface area contributed by atoms with Gasteiger partial charge in [0.25, 0.3) is 5.91 Å². The fourth-order valence-corrected chi connectivity index (χ4v) is 4.70. The molecule has 0 bridgehead atoms. The fourth-order valence-electron chi connectivity index (χ4n) is 3.81. The van der Waals surface area contributed by atoms with Crippen LogP contribution in [0.2, 0.25) is 0 Å². The minimum atomic E-state index is 0.0962. The third kappa shape index (κ3) is 3.85. The standard InChI is InChI=1S/C21H24N4O2S/c1-13-7-4-5-9-17(13)20-23-18(27-24-20)11-16-8-6-10-25(12-16)21(26)19-14(2)22-15(3)28-19/h4-5,7,9,16H,6,8,10-12H2,1-3H3. The van der Waals surface area contributed by atoms with E-state index in [0.29, 0.717) is 24.1 Å². The summed E-state index contributed by atoms with van der Waals surface area (Å²) < 4.78 is 5.51. The summed E-state index contributed by atoms with van der Waals surface area (Å²) in [7, 11) is 0. The molecule has 3 aromatic rings. The van der Waals surface area contributed by atoms with Crippen molar-refractivity contribution in [1.82, 2.24) is 20.0 Å². The quantitative estimate of drug-likeness (QED) is 0.660. The van der Waals surface area contributed by atoms with E-state index in [-0.39, 0.29) is 5.91 Å². The zero-order valence-electron chi connectivity index (χ0n) is 16.4. The van der Waals surface area contributed by atoms with E-state index < -0.39 is 0 Å². The van der Waals surface area contributed by atoms with Gasteiger partial charge >= 0.3 is 0 Å². The maximum Gasteiger partial charge on any atom is 0.265 e. The van der Waals surface area contributed by atoms with E-state index in [9.17, 15) is 4.79 Å². The maximum absolute atomic E-state index is 12.9. The number of hydrogen-bond donors (Lipinski definition) is 0. The van der Waals surface area contributed by atoms with Gasteiger partial charge in [0.05, 0.1) is 10.7 Å². The van der Waals surface area contributed by atoms with Crippen molar-refractivity contribution in [3.8, 4) is 11.4 Å². The number of carbonyl (C=O) groups is 1. The van der Waals surface area contributed by atoms with E-state index in [1.165, 1.54) is 11.3 Å². The van der Waals surface area contributed by atoms with E-state index in [2.05, 4.69) is 15.1 Å². The molecule has 1 atom stereocenters. The molecule has 1 aliphatic rings. The average Bonchev–Trinajstić information content (AvgIpc) is 3.27. The number of aryl methyl sites for hydroxylation is 3. The maximum atomic E-state index is 12.9. The molecule has 0 spiro atoms. The van der Waals surface area contributed by atoms with Crippen LogP contribution >= 0.6 is 11.3 Å². The molecular formula is C21H24N4O2S. The molecule has 7 heteroatoms. The smallest absolute Gasteiger partial charge is 0.265 e. The lowest BCUT2D eigenvalue weighted by molar-refractivity contribution is 0.0672. The van der Waals surface area contributed by atoms with Crippen LogP contribution in [0.3, 0.4) is 0 Å². The van der Waals surface area contributed by atoms with Crippen molar-refractivity contribution in [2.75, 3.05) is 13.1 Å². The summed E-state index contributed by atoms with van der Waals surface area (Å²) >= 11 is 1.48. The van der Waals surface area contributed by atoms with Crippen molar-refractivity contribution in [2.45, 2.75) is 40.0 Å². The first kappa shape index (κ1) is 18.8. The Morgan fingerprint density at radius 2 is 2.07 bits per heavy atom. The summed E-state index contributed by atoms with van der Waals surface area (Å²) in [6, 6.07) is 8.02. The molecule has 4 rings (SSSR count). The molecule has 0 saturated carbocycles. The van der Waals surface area contributed by atoms with Gasteiger partial charge in [-0.15, -0.1) is 11.3 Å². The van der Waals surface area contributed by atoms with Crippen molar-refractivity contribution >= 4 is 17.2 Å². The Morgan fingerprint density at radius 3 is 2.82 bits per heavy atom. The zero-order valence-corrected chi connectivity index (χ0v) is 17.3. The molecule has 1 unspecified atom stereocenters. The lowest BCUT2D eigenvalue weighted by Gasteiger charge is -2.32. The highest BCUT2D eigenvalue weighted by Crippen LogP contribution is 2.26. The molecular weight excluding hydrogens is 372 g/mol. The Morgan fingerprint density at radius 1 is 1.25 bits per heavy atom. The van der Waals surface area contributed by atoms with Gasteiger partial charge in [-0.2, -0.15) is 4.98 Å². The normalized spacial score (nSPS) is 17.1. The average molecular weight is 397 g/mol. The minimum Gasteiger partial charge on any atom is -0.339 e. The summed E-state index contributed by atoms with van der Waals surface area (Å²) in [5.74, 6) is 1.70. The highest BCUT2D eigenvalue weighted by Gasteiger charge is 2.28. The molecule has 146 valence electrons. The van der Waals surface area contributed by atoms with Crippen LogP contribution in [-0.2, 0) is 6.42 Å². The predicted molar refractivity (Wildman–Crippen MR) is 108 cm³/mol. The first-order chi connectivity index (χ1) is 13.5. The second-order valence-electron chi connectivity index (χ2n) is 7.44. The first-order valence-corrected chi connectivity index (χ1v) is 10.4. The van der Waals surface area contributed by atoms with E-state index in [1.807, 2.05) is 49.9 Å². The molecule has 6 nitrogen and oxygen atoms in total. The molecule has 0 aliphatic carbocycles. The SMILES string of the molecule is Cc1nc(C)c(C(=O)N2CCCC(Cc3nc(-c4ccccc4C)no3)C2)s1. The Kier molecular flexibility index (Phi) is 5.26. The van der Waals surface area contributed by atoms with Crippen molar-refractivity contribution in [2.24, 2.45) is 5.92 Å². The number of hydrogen-bond acceptors (Lipinski definition) is 6. The third-order valence-electron chi connectivity index (χ3n) is 5.22. The van der Waals surface area contributed by atoms with Crippen molar-refractivity contribution in [3.05, 3.63) is 51.3 Å². The van der Waals surface area contributed by atoms with Crippen molar-refractivity contribution in [1.29, 1.82) is 0 Å². The number of rotatable bonds is 4. The molecule has 1 aromatic carbocycles. The Hall–Kier alpha value is -2.54. The Balaban J connectivity index is 1.44.